The van der Waals surface area contributed by atoms with Crippen molar-refractivity contribution in [1.29, 1.82) is 0 Å². The smallest absolute Gasteiger partial charge is 0.246 e. The molecule has 45 heavy (non-hydrogen) atoms. The predicted molar refractivity (Wildman–Crippen MR) is 179 cm³/mol. The lowest BCUT2D eigenvalue weighted by molar-refractivity contribution is 0.655. The average Bonchev–Trinajstić information content (AvgIpc) is 3.49. The summed E-state index contributed by atoms with van der Waals surface area (Å²) in [4.78, 5) is 24.5. The second kappa shape index (κ2) is 10.2. The van der Waals surface area contributed by atoms with Crippen LogP contribution in [-0.2, 0) is 0 Å². The fraction of sp³-hybridized carbons (Fsp3) is 0. The molecular formula is C39H23N5O. The fourth-order valence-corrected chi connectivity index (χ4v) is 5.89. The van der Waals surface area contributed by atoms with Gasteiger partial charge in [0, 0.05) is 16.7 Å². The number of hydrogen-bond acceptors (Lipinski definition) is 6. The summed E-state index contributed by atoms with van der Waals surface area (Å²) in [6, 6.07) is 46.9. The van der Waals surface area contributed by atoms with Gasteiger partial charge >= 0.3 is 0 Å². The Bertz CT molecular complexity index is 2530. The summed E-state index contributed by atoms with van der Waals surface area (Å²) in [5, 5.41) is 3.02. The predicted octanol–water partition coefficient (Wildman–Crippen LogP) is 9.54. The van der Waals surface area contributed by atoms with Crippen LogP contribution in [0, 0.1) is 0 Å². The minimum Gasteiger partial charge on any atom is -0.436 e. The van der Waals surface area contributed by atoms with Crippen LogP contribution >= 0.6 is 0 Å². The van der Waals surface area contributed by atoms with Gasteiger partial charge in [-0.25, -0.2) is 24.9 Å². The number of furan rings is 1. The van der Waals surface area contributed by atoms with E-state index < -0.39 is 0 Å². The molecule has 0 bridgehead atoms. The average molecular weight is 578 g/mol. The highest BCUT2D eigenvalue weighted by Gasteiger charge is 2.17. The number of para-hydroxylation sites is 2. The second-order valence-corrected chi connectivity index (χ2v) is 11.0. The van der Waals surface area contributed by atoms with E-state index in [-0.39, 0.29) is 0 Å². The number of benzene rings is 6. The van der Waals surface area contributed by atoms with Crippen molar-refractivity contribution >= 4 is 44.0 Å². The van der Waals surface area contributed by atoms with E-state index in [9.17, 15) is 0 Å². The van der Waals surface area contributed by atoms with E-state index in [0.717, 1.165) is 60.5 Å². The Morgan fingerprint density at radius 3 is 1.64 bits per heavy atom. The highest BCUT2D eigenvalue weighted by Crippen LogP contribution is 2.36. The molecule has 0 amide bonds. The third-order valence-corrected chi connectivity index (χ3v) is 8.14. The maximum Gasteiger partial charge on any atom is 0.246 e. The molecule has 0 aliphatic heterocycles. The van der Waals surface area contributed by atoms with Crippen LogP contribution in [0.1, 0.15) is 0 Å². The Morgan fingerprint density at radius 1 is 0.400 bits per heavy atom. The standard InChI is InChI=1S/C39H23N5O/c1-3-9-24(10-4-1)25-15-17-27(18-16-25)37-42-36(26-11-5-2-6-12-26)43-38(44-37)29-19-21-30-28(23-29)20-22-33-34(30)35-39(45-33)41-32-14-8-7-13-31(32)40-35/h1-23H. The van der Waals surface area contributed by atoms with Crippen molar-refractivity contribution in [3.63, 3.8) is 0 Å². The van der Waals surface area contributed by atoms with E-state index in [4.69, 9.17) is 29.3 Å². The summed E-state index contributed by atoms with van der Waals surface area (Å²) in [6.07, 6.45) is 0. The number of aromatic nitrogens is 5. The monoisotopic (exact) mass is 577 g/mol. The van der Waals surface area contributed by atoms with Crippen LogP contribution in [0.3, 0.4) is 0 Å². The van der Waals surface area contributed by atoms with Crippen molar-refractivity contribution in [2.24, 2.45) is 0 Å². The van der Waals surface area contributed by atoms with Crippen molar-refractivity contribution < 1.29 is 4.42 Å². The SMILES string of the molecule is c1ccc(-c2ccc(-c3nc(-c4ccccc4)nc(-c4ccc5c(ccc6oc7nc8ccccc8nc7c65)c4)n3)cc2)cc1. The highest BCUT2D eigenvalue weighted by molar-refractivity contribution is 6.18. The van der Waals surface area contributed by atoms with E-state index in [1.165, 1.54) is 5.56 Å². The van der Waals surface area contributed by atoms with Gasteiger partial charge in [-0.05, 0) is 46.2 Å². The van der Waals surface area contributed by atoms with Crippen LogP contribution < -0.4 is 0 Å². The summed E-state index contributed by atoms with van der Waals surface area (Å²) in [7, 11) is 0. The molecule has 6 heteroatoms. The molecule has 0 N–H and O–H groups in total. The number of fused-ring (bicyclic) bond motifs is 6. The van der Waals surface area contributed by atoms with E-state index in [1.54, 1.807) is 0 Å². The van der Waals surface area contributed by atoms with Crippen LogP contribution in [0.25, 0.3) is 89.3 Å². The van der Waals surface area contributed by atoms with E-state index in [1.807, 2.05) is 78.9 Å². The molecule has 6 nitrogen and oxygen atoms in total. The number of nitrogens with zero attached hydrogens (tertiary/aromatic N) is 5. The summed E-state index contributed by atoms with van der Waals surface area (Å²) < 4.78 is 6.14. The Balaban J connectivity index is 1.19. The van der Waals surface area contributed by atoms with Crippen molar-refractivity contribution in [2.45, 2.75) is 0 Å². The lowest BCUT2D eigenvalue weighted by atomic mass is 10.0. The first-order chi connectivity index (χ1) is 22.3. The molecule has 0 radical (unpaired) electrons. The third kappa shape index (κ3) is 4.39. The molecule has 0 unspecified atom stereocenters. The molecule has 3 aromatic heterocycles. The van der Waals surface area contributed by atoms with Crippen molar-refractivity contribution in [3.05, 3.63) is 140 Å². The van der Waals surface area contributed by atoms with Gasteiger partial charge in [0.25, 0.3) is 0 Å². The molecule has 210 valence electrons. The summed E-state index contributed by atoms with van der Waals surface area (Å²) in [6.45, 7) is 0. The molecule has 3 heterocycles. The minimum atomic E-state index is 0.535. The highest BCUT2D eigenvalue weighted by atomic mass is 16.3. The zero-order chi connectivity index (χ0) is 29.7. The molecular weight excluding hydrogens is 554 g/mol. The van der Waals surface area contributed by atoms with Gasteiger partial charge in [-0.3, -0.25) is 0 Å². The third-order valence-electron chi connectivity index (χ3n) is 8.14. The Morgan fingerprint density at radius 2 is 0.933 bits per heavy atom. The molecule has 6 aromatic carbocycles. The maximum atomic E-state index is 6.14. The van der Waals surface area contributed by atoms with Gasteiger partial charge in [-0.1, -0.05) is 115 Å². The van der Waals surface area contributed by atoms with Gasteiger partial charge in [0.2, 0.25) is 5.71 Å². The lowest BCUT2D eigenvalue weighted by Crippen LogP contribution is -2.00. The molecule has 0 aliphatic rings. The molecule has 0 aliphatic carbocycles. The molecule has 9 rings (SSSR count). The first-order valence-electron chi connectivity index (χ1n) is 14.8. The fourth-order valence-electron chi connectivity index (χ4n) is 5.89. The normalized spacial score (nSPS) is 11.6. The van der Waals surface area contributed by atoms with Crippen LogP contribution in [0.2, 0.25) is 0 Å². The largest absolute Gasteiger partial charge is 0.436 e. The Labute approximate surface area is 257 Å². The van der Waals surface area contributed by atoms with Gasteiger partial charge in [0.15, 0.2) is 17.5 Å². The Hall–Kier alpha value is -6.27. The zero-order valence-electron chi connectivity index (χ0n) is 23.9. The van der Waals surface area contributed by atoms with Crippen LogP contribution in [0.15, 0.2) is 144 Å². The molecule has 9 aromatic rings. The minimum absolute atomic E-state index is 0.535. The van der Waals surface area contributed by atoms with Crippen LogP contribution in [-0.4, -0.2) is 24.9 Å². The van der Waals surface area contributed by atoms with Crippen molar-refractivity contribution in [1.82, 2.24) is 24.9 Å². The van der Waals surface area contributed by atoms with Gasteiger partial charge in [-0.15, -0.1) is 0 Å². The Kier molecular flexibility index (Phi) is 5.71. The van der Waals surface area contributed by atoms with E-state index in [2.05, 4.69) is 60.7 Å². The van der Waals surface area contributed by atoms with Crippen LogP contribution in [0.5, 0.6) is 0 Å². The second-order valence-electron chi connectivity index (χ2n) is 11.0. The molecule has 0 spiro atoms. The van der Waals surface area contributed by atoms with Gasteiger partial charge in [-0.2, -0.15) is 0 Å². The number of rotatable bonds is 4. The zero-order valence-corrected chi connectivity index (χ0v) is 23.9. The summed E-state index contributed by atoms with van der Waals surface area (Å²) in [5.74, 6) is 1.86. The van der Waals surface area contributed by atoms with Crippen LogP contribution in [0.4, 0.5) is 0 Å². The van der Waals surface area contributed by atoms with Gasteiger partial charge < -0.3 is 4.42 Å². The van der Waals surface area contributed by atoms with Crippen molar-refractivity contribution in [2.75, 3.05) is 0 Å². The van der Waals surface area contributed by atoms with Crippen molar-refractivity contribution in [3.8, 4) is 45.3 Å². The number of hydrogen-bond donors (Lipinski definition) is 0. The first kappa shape index (κ1) is 25.2. The summed E-state index contributed by atoms with van der Waals surface area (Å²) in [5.41, 5.74) is 8.76. The lowest BCUT2D eigenvalue weighted by Gasteiger charge is -2.10. The van der Waals surface area contributed by atoms with Gasteiger partial charge in [0.05, 0.1) is 16.4 Å². The maximum absolute atomic E-state index is 6.14. The van der Waals surface area contributed by atoms with E-state index >= 15 is 0 Å². The molecule has 0 saturated carbocycles. The molecule has 0 atom stereocenters. The summed E-state index contributed by atoms with van der Waals surface area (Å²) >= 11 is 0. The van der Waals surface area contributed by atoms with E-state index in [0.29, 0.717) is 23.2 Å². The topological polar surface area (TPSA) is 77.6 Å². The molecule has 0 fully saturated rings. The quantitative estimate of drug-likeness (QED) is 0.207. The van der Waals surface area contributed by atoms with Gasteiger partial charge in [0.1, 0.15) is 11.1 Å². The molecule has 0 saturated heterocycles. The first-order valence-corrected chi connectivity index (χ1v) is 14.8.